The fourth-order valence-corrected chi connectivity index (χ4v) is 2.98. The van der Waals surface area contributed by atoms with E-state index in [1.807, 2.05) is 0 Å². The summed E-state index contributed by atoms with van der Waals surface area (Å²) in [6, 6.07) is 3.80. The largest absolute Gasteiger partial charge is 0.454 e. The molecule has 0 bridgehead atoms. The molecule has 0 spiro atoms. The van der Waals surface area contributed by atoms with Crippen molar-refractivity contribution < 1.29 is 18.3 Å². The van der Waals surface area contributed by atoms with Gasteiger partial charge < -0.3 is 4.74 Å². The summed E-state index contributed by atoms with van der Waals surface area (Å²) >= 11 is 0. The number of esters is 1. The third kappa shape index (κ3) is 3.35. The van der Waals surface area contributed by atoms with E-state index in [1.54, 1.807) is 0 Å². The van der Waals surface area contributed by atoms with Gasteiger partial charge in [0.15, 0.2) is 11.6 Å². The van der Waals surface area contributed by atoms with Crippen LogP contribution < -0.4 is 0 Å². The molecule has 110 valence electrons. The van der Waals surface area contributed by atoms with Gasteiger partial charge in [-0.25, -0.2) is 8.78 Å². The predicted molar refractivity (Wildman–Crippen MR) is 72.1 cm³/mol. The summed E-state index contributed by atoms with van der Waals surface area (Å²) in [5, 5.41) is 0. The second kappa shape index (κ2) is 6.33. The fraction of sp³-hybridized carbons (Fsp3) is 0.562. The molecule has 0 atom stereocenters. The van der Waals surface area contributed by atoms with Crippen LogP contribution in [0.3, 0.4) is 0 Å². The molecule has 0 unspecified atom stereocenters. The van der Waals surface area contributed by atoms with Gasteiger partial charge in [0.1, 0.15) is 5.60 Å². The van der Waals surface area contributed by atoms with E-state index in [0.717, 1.165) is 31.7 Å². The summed E-state index contributed by atoms with van der Waals surface area (Å²) in [7, 11) is 0. The molecule has 1 aliphatic carbocycles. The SMILES string of the molecule is CC(=O)OC1(c2ccc(F)c(F)c2)CCCCCCC1. The summed E-state index contributed by atoms with van der Waals surface area (Å²) in [5.41, 5.74) is -0.241. The smallest absolute Gasteiger partial charge is 0.303 e. The normalized spacial score (nSPS) is 18.9. The number of carbonyl (C=O) groups excluding carboxylic acids is 1. The van der Waals surface area contributed by atoms with E-state index in [-0.39, 0.29) is 5.97 Å². The molecular formula is C16H20F2O2. The molecule has 0 saturated heterocycles. The molecule has 2 rings (SSSR count). The van der Waals surface area contributed by atoms with Crippen LogP contribution in [-0.4, -0.2) is 5.97 Å². The van der Waals surface area contributed by atoms with Gasteiger partial charge in [-0.15, -0.1) is 0 Å². The Morgan fingerprint density at radius 2 is 1.65 bits per heavy atom. The molecule has 1 saturated carbocycles. The number of ether oxygens (including phenoxy) is 1. The average molecular weight is 282 g/mol. The van der Waals surface area contributed by atoms with E-state index >= 15 is 0 Å². The van der Waals surface area contributed by atoms with Gasteiger partial charge in [0, 0.05) is 6.92 Å². The highest BCUT2D eigenvalue weighted by molar-refractivity contribution is 5.66. The van der Waals surface area contributed by atoms with Crippen LogP contribution in [0.25, 0.3) is 0 Å². The monoisotopic (exact) mass is 282 g/mol. The van der Waals surface area contributed by atoms with E-state index in [2.05, 4.69) is 0 Å². The molecule has 0 heterocycles. The van der Waals surface area contributed by atoms with Crippen LogP contribution in [0, 0.1) is 11.6 Å². The van der Waals surface area contributed by atoms with Gasteiger partial charge in [-0.3, -0.25) is 4.79 Å². The second-order valence-electron chi connectivity index (χ2n) is 5.48. The quantitative estimate of drug-likeness (QED) is 0.748. The molecule has 0 aromatic heterocycles. The lowest BCUT2D eigenvalue weighted by Crippen LogP contribution is -2.33. The molecule has 1 fully saturated rings. The number of benzene rings is 1. The number of hydrogen-bond acceptors (Lipinski definition) is 2. The molecule has 0 aliphatic heterocycles. The third-order valence-corrected chi connectivity index (χ3v) is 3.95. The van der Waals surface area contributed by atoms with E-state index < -0.39 is 17.2 Å². The Kier molecular flexibility index (Phi) is 4.73. The van der Waals surface area contributed by atoms with Gasteiger partial charge in [-0.05, 0) is 43.4 Å². The van der Waals surface area contributed by atoms with Gasteiger partial charge in [-0.2, -0.15) is 0 Å². The van der Waals surface area contributed by atoms with E-state index in [1.165, 1.54) is 25.5 Å². The highest BCUT2D eigenvalue weighted by Gasteiger charge is 2.36. The number of halogens is 2. The number of carbonyl (C=O) groups is 1. The van der Waals surface area contributed by atoms with E-state index in [4.69, 9.17) is 4.74 Å². The zero-order chi connectivity index (χ0) is 14.6. The number of rotatable bonds is 2. The third-order valence-electron chi connectivity index (χ3n) is 3.95. The Morgan fingerprint density at radius 1 is 1.05 bits per heavy atom. The highest BCUT2D eigenvalue weighted by Crippen LogP contribution is 2.39. The first-order chi connectivity index (χ1) is 9.53. The first kappa shape index (κ1) is 14.9. The maximum absolute atomic E-state index is 13.5. The second-order valence-corrected chi connectivity index (χ2v) is 5.48. The van der Waals surface area contributed by atoms with Gasteiger partial charge >= 0.3 is 5.97 Å². The zero-order valence-corrected chi connectivity index (χ0v) is 11.8. The first-order valence-corrected chi connectivity index (χ1v) is 7.19. The van der Waals surface area contributed by atoms with Crippen molar-refractivity contribution in [3.8, 4) is 0 Å². The molecule has 2 nitrogen and oxygen atoms in total. The summed E-state index contributed by atoms with van der Waals surface area (Å²) in [4.78, 5) is 11.5. The van der Waals surface area contributed by atoms with Crippen LogP contribution in [0.5, 0.6) is 0 Å². The Bertz CT molecular complexity index is 477. The van der Waals surface area contributed by atoms with Gasteiger partial charge in [0.05, 0.1) is 0 Å². The number of hydrogen-bond donors (Lipinski definition) is 0. The minimum atomic E-state index is -0.893. The minimum absolute atomic E-state index is 0.379. The van der Waals surface area contributed by atoms with Gasteiger partial charge in [-0.1, -0.05) is 25.3 Å². The summed E-state index contributed by atoms with van der Waals surface area (Å²) < 4.78 is 32.2. The lowest BCUT2D eigenvalue weighted by Gasteiger charge is -2.35. The summed E-state index contributed by atoms with van der Waals surface area (Å²) in [6.45, 7) is 1.36. The molecule has 0 amide bonds. The highest BCUT2D eigenvalue weighted by atomic mass is 19.2. The predicted octanol–water partition coefficient (Wildman–Crippen LogP) is 4.47. The first-order valence-electron chi connectivity index (χ1n) is 7.19. The molecular weight excluding hydrogens is 262 g/mol. The van der Waals surface area contributed by atoms with Crippen molar-refractivity contribution in [3.63, 3.8) is 0 Å². The van der Waals surface area contributed by atoms with Crippen LogP contribution in [0.4, 0.5) is 8.78 Å². The Labute approximate surface area is 118 Å². The molecule has 1 aromatic carbocycles. The van der Waals surface area contributed by atoms with Crippen molar-refractivity contribution in [2.75, 3.05) is 0 Å². The molecule has 4 heteroatoms. The van der Waals surface area contributed by atoms with Crippen molar-refractivity contribution in [1.29, 1.82) is 0 Å². The fourth-order valence-electron chi connectivity index (χ4n) is 2.98. The zero-order valence-electron chi connectivity index (χ0n) is 11.8. The van der Waals surface area contributed by atoms with Crippen molar-refractivity contribution in [3.05, 3.63) is 35.4 Å². The lowest BCUT2D eigenvalue weighted by molar-refractivity contribution is -0.161. The maximum atomic E-state index is 13.5. The van der Waals surface area contributed by atoms with Crippen LogP contribution in [-0.2, 0) is 15.1 Å². The minimum Gasteiger partial charge on any atom is -0.454 e. The van der Waals surface area contributed by atoms with Crippen LogP contribution in [0.15, 0.2) is 18.2 Å². The van der Waals surface area contributed by atoms with Crippen molar-refractivity contribution >= 4 is 5.97 Å². The standard InChI is InChI=1S/C16H20F2O2/c1-12(19)20-16(9-5-3-2-4-6-10-16)13-7-8-14(17)15(18)11-13/h7-8,11H,2-6,9-10H2,1H3. The molecule has 1 aromatic rings. The molecule has 0 N–H and O–H groups in total. The average Bonchev–Trinajstić information content (AvgIpc) is 2.36. The molecule has 20 heavy (non-hydrogen) atoms. The van der Waals surface area contributed by atoms with Crippen molar-refractivity contribution in [2.45, 2.75) is 57.5 Å². The van der Waals surface area contributed by atoms with Crippen LogP contribution in [0.2, 0.25) is 0 Å². The van der Waals surface area contributed by atoms with Crippen LogP contribution in [0.1, 0.15) is 57.4 Å². The summed E-state index contributed by atoms with van der Waals surface area (Å²) in [6.07, 6.45) is 6.50. The molecule has 1 aliphatic rings. The molecule has 0 radical (unpaired) electrons. The Hall–Kier alpha value is -1.45. The van der Waals surface area contributed by atoms with Gasteiger partial charge in [0.2, 0.25) is 0 Å². The van der Waals surface area contributed by atoms with Crippen molar-refractivity contribution in [1.82, 2.24) is 0 Å². The lowest BCUT2D eigenvalue weighted by atomic mass is 9.81. The van der Waals surface area contributed by atoms with E-state index in [9.17, 15) is 13.6 Å². The Balaban J connectivity index is 2.37. The van der Waals surface area contributed by atoms with Crippen LogP contribution >= 0.6 is 0 Å². The maximum Gasteiger partial charge on any atom is 0.303 e. The topological polar surface area (TPSA) is 26.3 Å². The summed E-state index contributed by atoms with van der Waals surface area (Å²) in [5.74, 6) is -2.15. The van der Waals surface area contributed by atoms with E-state index in [0.29, 0.717) is 18.4 Å². The van der Waals surface area contributed by atoms with Crippen molar-refractivity contribution in [2.24, 2.45) is 0 Å². The van der Waals surface area contributed by atoms with Gasteiger partial charge in [0.25, 0.3) is 0 Å². The Morgan fingerprint density at radius 3 is 2.20 bits per heavy atom.